The normalized spacial score (nSPS) is 14.1. The Balaban J connectivity index is 1.68. The van der Waals surface area contributed by atoms with Crippen LogP contribution in [0.1, 0.15) is 37.8 Å². The Morgan fingerprint density at radius 2 is 1.77 bits per heavy atom. The lowest BCUT2D eigenvalue weighted by molar-refractivity contribution is 0.103. The minimum atomic E-state index is -0.434. The number of aliphatic hydroxyl groups excluding tert-OH is 1. The maximum absolute atomic E-state index is 10.4. The number of hydrogen-bond donors (Lipinski definition) is 1. The summed E-state index contributed by atoms with van der Waals surface area (Å²) in [5, 5.41) is 10.4. The van der Waals surface area contributed by atoms with Crippen molar-refractivity contribution < 1.29 is 14.6 Å². The van der Waals surface area contributed by atoms with Gasteiger partial charge in [-0.15, -0.1) is 0 Å². The van der Waals surface area contributed by atoms with Crippen molar-refractivity contribution in [1.29, 1.82) is 0 Å². The van der Waals surface area contributed by atoms with Crippen molar-refractivity contribution in [2.75, 3.05) is 13.7 Å². The molecule has 0 heterocycles. The molecule has 0 aliphatic carbocycles. The summed E-state index contributed by atoms with van der Waals surface area (Å²) in [6, 6.07) is 18.1. The highest BCUT2D eigenvalue weighted by atomic mass is 16.5. The Labute approximate surface area is 157 Å². The number of aliphatic hydroxyl groups is 1. The first kappa shape index (κ1) is 20.2. The Morgan fingerprint density at radius 1 is 1.08 bits per heavy atom. The predicted octanol–water partition coefficient (Wildman–Crippen LogP) is 5.09. The Bertz CT molecular complexity index is 662. The number of hydrogen-bond acceptors (Lipinski definition) is 3. The van der Waals surface area contributed by atoms with Crippen LogP contribution in [-0.2, 0) is 11.3 Å². The lowest BCUT2D eigenvalue weighted by Crippen LogP contribution is -2.16. The predicted molar refractivity (Wildman–Crippen MR) is 107 cm³/mol. The maximum atomic E-state index is 10.4. The summed E-state index contributed by atoms with van der Waals surface area (Å²) in [7, 11) is 1.66. The zero-order valence-electron chi connectivity index (χ0n) is 16.0. The second kappa shape index (κ2) is 10.8. The van der Waals surface area contributed by atoms with Gasteiger partial charge in [0, 0.05) is 6.61 Å². The van der Waals surface area contributed by atoms with E-state index in [0.29, 0.717) is 13.2 Å². The summed E-state index contributed by atoms with van der Waals surface area (Å²) in [6.07, 6.45) is 3.39. The monoisotopic (exact) mass is 354 g/mol. The zero-order chi connectivity index (χ0) is 18.8. The van der Waals surface area contributed by atoms with Crippen molar-refractivity contribution in [2.45, 2.75) is 39.4 Å². The largest absolute Gasteiger partial charge is 0.497 e. The number of methoxy groups -OCH3 is 1. The summed E-state index contributed by atoms with van der Waals surface area (Å²) < 4.78 is 10.9. The third kappa shape index (κ3) is 6.66. The average molecular weight is 354 g/mol. The van der Waals surface area contributed by atoms with Gasteiger partial charge < -0.3 is 14.6 Å². The zero-order valence-corrected chi connectivity index (χ0v) is 16.0. The van der Waals surface area contributed by atoms with Gasteiger partial charge in [0.1, 0.15) is 5.75 Å². The van der Waals surface area contributed by atoms with Crippen molar-refractivity contribution in [2.24, 2.45) is 5.92 Å². The smallest absolute Gasteiger partial charge is 0.118 e. The van der Waals surface area contributed by atoms with Crippen LogP contribution >= 0.6 is 0 Å². The lowest BCUT2D eigenvalue weighted by Gasteiger charge is -2.17. The highest BCUT2D eigenvalue weighted by Crippen LogP contribution is 2.19. The second-order valence-electron chi connectivity index (χ2n) is 6.73. The molecule has 0 aliphatic rings. The minimum Gasteiger partial charge on any atom is -0.497 e. The highest BCUT2D eigenvalue weighted by molar-refractivity contribution is 5.63. The third-order valence-electron chi connectivity index (χ3n) is 4.61. The molecular formula is C23H30O3. The average Bonchev–Trinajstić information content (AvgIpc) is 2.68. The summed E-state index contributed by atoms with van der Waals surface area (Å²) in [6.45, 7) is 5.44. The summed E-state index contributed by atoms with van der Waals surface area (Å²) in [4.78, 5) is 0. The van der Waals surface area contributed by atoms with E-state index in [1.165, 1.54) is 0 Å². The molecule has 2 aromatic carbocycles. The van der Waals surface area contributed by atoms with Gasteiger partial charge in [-0.3, -0.25) is 0 Å². The number of ether oxygens (including phenoxy) is 2. The van der Waals surface area contributed by atoms with Crippen LogP contribution in [0.3, 0.4) is 0 Å². The summed E-state index contributed by atoms with van der Waals surface area (Å²) in [5.74, 6) is 1.06. The molecule has 1 unspecified atom stereocenters. The fourth-order valence-corrected chi connectivity index (χ4v) is 2.81. The molecule has 1 N–H and O–H groups in total. The van der Waals surface area contributed by atoms with Crippen LogP contribution in [0.4, 0.5) is 0 Å². The minimum absolute atomic E-state index is 0.207. The molecule has 3 nitrogen and oxygen atoms in total. The molecule has 2 aromatic rings. The first-order valence-corrected chi connectivity index (χ1v) is 9.22. The molecule has 0 aromatic heterocycles. The van der Waals surface area contributed by atoms with E-state index < -0.39 is 6.10 Å². The lowest BCUT2D eigenvalue weighted by atomic mass is 9.96. The van der Waals surface area contributed by atoms with Crippen LogP contribution in [0.5, 0.6) is 5.75 Å². The highest BCUT2D eigenvalue weighted by Gasteiger charge is 2.12. The summed E-state index contributed by atoms with van der Waals surface area (Å²) in [5.41, 5.74) is 3.41. The Kier molecular flexibility index (Phi) is 8.39. The van der Waals surface area contributed by atoms with Gasteiger partial charge >= 0.3 is 0 Å². The molecular weight excluding hydrogens is 324 g/mol. The van der Waals surface area contributed by atoms with E-state index in [1.807, 2.05) is 55.5 Å². The summed E-state index contributed by atoms with van der Waals surface area (Å²) >= 11 is 0. The first-order chi connectivity index (χ1) is 12.6. The fraction of sp³-hybridized carbons (Fsp3) is 0.391. The molecule has 0 radical (unpaired) electrons. The SMILES string of the molecule is COc1ccc(COCCC[C@H](C)C(O)/C=C(\C)c2ccccc2)cc1. The van der Waals surface area contributed by atoms with Crippen molar-refractivity contribution in [3.05, 3.63) is 71.8 Å². The van der Waals surface area contributed by atoms with Gasteiger partial charge in [-0.2, -0.15) is 0 Å². The molecule has 3 heteroatoms. The van der Waals surface area contributed by atoms with E-state index in [1.54, 1.807) is 7.11 Å². The van der Waals surface area contributed by atoms with Gasteiger partial charge in [0.05, 0.1) is 19.8 Å². The molecule has 0 saturated heterocycles. The molecule has 0 saturated carbocycles. The van der Waals surface area contributed by atoms with Crippen molar-refractivity contribution in [1.82, 2.24) is 0 Å². The van der Waals surface area contributed by atoms with Gasteiger partial charge in [-0.1, -0.05) is 55.5 Å². The van der Waals surface area contributed by atoms with E-state index in [2.05, 4.69) is 19.1 Å². The topological polar surface area (TPSA) is 38.7 Å². The van der Waals surface area contributed by atoms with Crippen LogP contribution < -0.4 is 4.74 Å². The molecule has 0 spiro atoms. The molecule has 0 amide bonds. The van der Waals surface area contributed by atoms with E-state index in [0.717, 1.165) is 35.3 Å². The quantitative estimate of drug-likeness (QED) is 0.604. The van der Waals surface area contributed by atoms with Crippen LogP contribution in [0.2, 0.25) is 0 Å². The first-order valence-electron chi connectivity index (χ1n) is 9.22. The molecule has 2 rings (SSSR count). The van der Waals surface area contributed by atoms with Crippen LogP contribution in [0.25, 0.3) is 5.57 Å². The van der Waals surface area contributed by atoms with Crippen LogP contribution in [0, 0.1) is 5.92 Å². The Hall–Kier alpha value is -2.10. The van der Waals surface area contributed by atoms with Crippen molar-refractivity contribution >= 4 is 5.57 Å². The molecule has 26 heavy (non-hydrogen) atoms. The van der Waals surface area contributed by atoms with Crippen molar-refractivity contribution in [3.8, 4) is 5.75 Å². The molecule has 140 valence electrons. The van der Waals surface area contributed by atoms with E-state index in [-0.39, 0.29) is 5.92 Å². The van der Waals surface area contributed by atoms with Crippen molar-refractivity contribution in [3.63, 3.8) is 0 Å². The molecule has 0 bridgehead atoms. The molecule has 2 atom stereocenters. The second-order valence-corrected chi connectivity index (χ2v) is 6.73. The maximum Gasteiger partial charge on any atom is 0.118 e. The number of benzene rings is 2. The number of allylic oxidation sites excluding steroid dienone is 1. The van der Waals surface area contributed by atoms with Gasteiger partial charge in [0.15, 0.2) is 0 Å². The van der Waals surface area contributed by atoms with E-state index in [4.69, 9.17) is 9.47 Å². The fourth-order valence-electron chi connectivity index (χ4n) is 2.81. The molecule has 0 aliphatic heterocycles. The molecule has 0 fully saturated rings. The van der Waals surface area contributed by atoms with E-state index >= 15 is 0 Å². The van der Waals surface area contributed by atoms with E-state index in [9.17, 15) is 5.11 Å². The van der Waals surface area contributed by atoms with Crippen LogP contribution in [-0.4, -0.2) is 24.9 Å². The standard InChI is InChI=1S/C23H30O3/c1-18(23(24)16-19(2)21-9-5-4-6-10-21)8-7-15-26-17-20-11-13-22(25-3)14-12-20/h4-6,9-14,16,18,23-24H,7-8,15,17H2,1-3H3/b19-16+/t18-,23?/m0/s1. The third-order valence-corrected chi connectivity index (χ3v) is 4.61. The van der Waals surface area contributed by atoms with Gasteiger partial charge in [-0.25, -0.2) is 0 Å². The number of rotatable bonds is 10. The Morgan fingerprint density at radius 3 is 2.42 bits per heavy atom. The van der Waals surface area contributed by atoms with Gasteiger partial charge in [0.25, 0.3) is 0 Å². The van der Waals surface area contributed by atoms with Gasteiger partial charge in [-0.05, 0) is 54.5 Å². The van der Waals surface area contributed by atoms with Gasteiger partial charge in [0.2, 0.25) is 0 Å². The van der Waals surface area contributed by atoms with Crippen LogP contribution in [0.15, 0.2) is 60.7 Å².